The molecule has 1 atom stereocenters. The number of ether oxygens (including phenoxy) is 2. The minimum absolute atomic E-state index is 0.193. The second-order valence-corrected chi connectivity index (χ2v) is 6.75. The van der Waals surface area contributed by atoms with Gasteiger partial charge in [0.2, 0.25) is 11.8 Å². The predicted octanol–water partition coefficient (Wildman–Crippen LogP) is 2.01. The molecule has 0 aliphatic carbocycles. The fourth-order valence-corrected chi connectivity index (χ4v) is 3.48. The number of fused-ring (bicyclic) bond motifs is 1. The van der Waals surface area contributed by atoms with E-state index in [0.717, 1.165) is 25.0 Å². The van der Waals surface area contributed by atoms with Crippen LogP contribution in [0.15, 0.2) is 18.3 Å². The van der Waals surface area contributed by atoms with Crippen molar-refractivity contribution in [2.45, 2.75) is 12.5 Å². The second-order valence-electron chi connectivity index (χ2n) is 6.35. The molecule has 1 saturated heterocycles. The van der Waals surface area contributed by atoms with Crippen LogP contribution in [0.1, 0.15) is 23.7 Å². The molecule has 1 aliphatic rings. The van der Waals surface area contributed by atoms with Crippen molar-refractivity contribution in [3.63, 3.8) is 0 Å². The lowest BCUT2D eigenvalue weighted by Gasteiger charge is -2.11. The number of rotatable bonds is 3. The van der Waals surface area contributed by atoms with Crippen LogP contribution in [-0.4, -0.2) is 47.1 Å². The average molecular weight is 399 g/mol. The summed E-state index contributed by atoms with van der Waals surface area (Å²) in [5, 5.41) is 9.22. The van der Waals surface area contributed by atoms with E-state index in [4.69, 9.17) is 31.9 Å². The molecule has 9 heteroatoms. The topological polar surface area (TPSA) is 100 Å². The van der Waals surface area contributed by atoms with Crippen LogP contribution < -0.4 is 20.5 Å². The third kappa shape index (κ3) is 3.30. The Hall–Kier alpha value is -3.02. The number of aromatic nitrogens is 4. The van der Waals surface area contributed by atoms with Crippen molar-refractivity contribution in [3.05, 3.63) is 34.6 Å². The number of nitrogens with two attached hydrogens (primary N) is 1. The second kappa shape index (κ2) is 7.54. The highest BCUT2D eigenvalue weighted by Crippen LogP contribution is 2.32. The van der Waals surface area contributed by atoms with Gasteiger partial charge in [0.25, 0.3) is 0 Å². The first-order valence-electron chi connectivity index (χ1n) is 8.75. The highest BCUT2D eigenvalue weighted by atomic mass is 35.5. The van der Waals surface area contributed by atoms with Crippen LogP contribution in [0.3, 0.4) is 0 Å². The fraction of sp³-hybridized carbons (Fsp3) is 0.316. The molecule has 1 unspecified atom stereocenters. The van der Waals surface area contributed by atoms with Crippen molar-refractivity contribution in [2.24, 2.45) is 0 Å². The molecule has 0 aromatic carbocycles. The van der Waals surface area contributed by atoms with Gasteiger partial charge in [0.1, 0.15) is 11.5 Å². The molecule has 1 aliphatic heterocycles. The Labute approximate surface area is 167 Å². The highest BCUT2D eigenvalue weighted by Gasteiger charge is 2.24. The lowest BCUT2D eigenvalue weighted by atomic mass is 10.2. The predicted molar refractivity (Wildman–Crippen MR) is 107 cm³/mol. The van der Waals surface area contributed by atoms with Crippen molar-refractivity contribution >= 4 is 28.3 Å². The van der Waals surface area contributed by atoms with Gasteiger partial charge in [-0.3, -0.25) is 4.68 Å². The average Bonchev–Trinajstić information content (AvgIpc) is 3.37. The quantitative estimate of drug-likeness (QED) is 0.651. The molecule has 0 amide bonds. The SMILES string of the molecule is COc1cc(C#Cc2nn(C3CCNC3)c3c(Cl)cnc(N)c23)cc(OC)n1. The molecule has 28 heavy (non-hydrogen) atoms. The van der Waals surface area contributed by atoms with E-state index in [9.17, 15) is 0 Å². The van der Waals surface area contributed by atoms with Gasteiger partial charge < -0.3 is 20.5 Å². The van der Waals surface area contributed by atoms with Crippen molar-refractivity contribution in [1.82, 2.24) is 25.1 Å². The maximum Gasteiger partial charge on any atom is 0.217 e. The summed E-state index contributed by atoms with van der Waals surface area (Å²) in [5.74, 6) is 7.37. The standard InChI is InChI=1S/C19H19ClN6O2/c1-27-15-7-11(8-16(24-15)28-2)3-4-14-17-18(13(20)10-23-19(17)21)26(25-14)12-5-6-22-9-12/h7-8,10,12,22H,5-6,9H2,1-2H3,(H2,21,23). The zero-order chi connectivity index (χ0) is 19.7. The Kier molecular flexibility index (Phi) is 4.94. The van der Waals surface area contributed by atoms with Gasteiger partial charge in [0.15, 0.2) is 0 Å². The lowest BCUT2D eigenvalue weighted by molar-refractivity contribution is 0.364. The number of anilines is 1. The third-order valence-corrected chi connectivity index (χ3v) is 4.89. The van der Waals surface area contributed by atoms with Crippen LogP contribution in [0.25, 0.3) is 10.9 Å². The Balaban J connectivity index is 1.85. The number of pyridine rings is 2. The van der Waals surface area contributed by atoms with E-state index in [2.05, 4.69) is 27.1 Å². The summed E-state index contributed by atoms with van der Waals surface area (Å²) in [6.07, 6.45) is 2.51. The molecule has 4 rings (SSSR count). The Morgan fingerprint density at radius 1 is 1.25 bits per heavy atom. The normalized spacial score (nSPS) is 16.0. The van der Waals surface area contributed by atoms with Crippen LogP contribution in [0.2, 0.25) is 5.02 Å². The Morgan fingerprint density at radius 2 is 2.00 bits per heavy atom. The number of hydrogen-bond donors (Lipinski definition) is 2. The minimum atomic E-state index is 0.193. The van der Waals surface area contributed by atoms with E-state index in [1.807, 2.05) is 4.68 Å². The summed E-state index contributed by atoms with van der Waals surface area (Å²) in [4.78, 5) is 8.35. The number of methoxy groups -OCH3 is 2. The molecule has 144 valence electrons. The summed E-state index contributed by atoms with van der Waals surface area (Å²) in [6, 6.07) is 3.65. The van der Waals surface area contributed by atoms with Crippen molar-refractivity contribution in [3.8, 4) is 23.6 Å². The van der Waals surface area contributed by atoms with E-state index in [-0.39, 0.29) is 6.04 Å². The molecule has 0 spiro atoms. The van der Waals surface area contributed by atoms with Crippen LogP contribution in [0.5, 0.6) is 11.8 Å². The van der Waals surface area contributed by atoms with E-state index in [1.165, 1.54) is 14.2 Å². The maximum atomic E-state index is 6.43. The smallest absolute Gasteiger partial charge is 0.217 e. The summed E-state index contributed by atoms with van der Waals surface area (Å²) >= 11 is 6.43. The highest BCUT2D eigenvalue weighted by molar-refractivity contribution is 6.35. The van der Waals surface area contributed by atoms with Crippen LogP contribution in [0, 0.1) is 11.8 Å². The molecule has 3 aromatic rings. The van der Waals surface area contributed by atoms with Gasteiger partial charge in [-0.15, -0.1) is 0 Å². The van der Waals surface area contributed by atoms with Gasteiger partial charge >= 0.3 is 0 Å². The molecule has 0 bridgehead atoms. The number of nitrogen functional groups attached to an aromatic ring is 1. The number of nitrogens with zero attached hydrogens (tertiary/aromatic N) is 4. The summed E-state index contributed by atoms with van der Waals surface area (Å²) in [5.41, 5.74) is 8.12. The minimum Gasteiger partial charge on any atom is -0.481 e. The van der Waals surface area contributed by atoms with Gasteiger partial charge in [-0.05, 0) is 18.9 Å². The van der Waals surface area contributed by atoms with E-state index < -0.39 is 0 Å². The fourth-order valence-electron chi connectivity index (χ4n) is 3.25. The summed E-state index contributed by atoms with van der Waals surface area (Å²) < 4.78 is 12.3. The molecule has 0 saturated carbocycles. The van der Waals surface area contributed by atoms with Crippen molar-refractivity contribution in [2.75, 3.05) is 33.0 Å². The van der Waals surface area contributed by atoms with Gasteiger partial charge in [0, 0.05) is 24.2 Å². The Bertz CT molecular complexity index is 1070. The van der Waals surface area contributed by atoms with Gasteiger partial charge in [0.05, 0.1) is 42.4 Å². The molecule has 1 fully saturated rings. The molecular weight excluding hydrogens is 380 g/mol. The van der Waals surface area contributed by atoms with E-state index in [0.29, 0.717) is 39.2 Å². The first-order valence-corrected chi connectivity index (χ1v) is 9.13. The molecule has 3 N–H and O–H groups in total. The van der Waals surface area contributed by atoms with Gasteiger partial charge in [-0.2, -0.15) is 10.1 Å². The maximum absolute atomic E-state index is 6.43. The molecule has 8 nitrogen and oxygen atoms in total. The van der Waals surface area contributed by atoms with Crippen molar-refractivity contribution < 1.29 is 9.47 Å². The van der Waals surface area contributed by atoms with E-state index in [1.54, 1.807) is 18.3 Å². The zero-order valence-electron chi connectivity index (χ0n) is 15.5. The first kappa shape index (κ1) is 18.3. The van der Waals surface area contributed by atoms with Gasteiger partial charge in [-0.25, -0.2) is 4.98 Å². The van der Waals surface area contributed by atoms with Crippen LogP contribution in [-0.2, 0) is 0 Å². The van der Waals surface area contributed by atoms with E-state index >= 15 is 0 Å². The van der Waals surface area contributed by atoms with Gasteiger partial charge in [-0.1, -0.05) is 17.5 Å². The monoisotopic (exact) mass is 398 g/mol. The third-order valence-electron chi connectivity index (χ3n) is 4.61. The lowest BCUT2D eigenvalue weighted by Crippen LogP contribution is -2.14. The summed E-state index contributed by atoms with van der Waals surface area (Å²) in [6.45, 7) is 1.75. The zero-order valence-corrected chi connectivity index (χ0v) is 16.2. The largest absolute Gasteiger partial charge is 0.481 e. The molecule has 3 aromatic heterocycles. The summed E-state index contributed by atoms with van der Waals surface area (Å²) in [7, 11) is 3.08. The Morgan fingerprint density at radius 3 is 2.64 bits per heavy atom. The number of halogens is 1. The molecule has 0 radical (unpaired) electrons. The van der Waals surface area contributed by atoms with Crippen molar-refractivity contribution in [1.29, 1.82) is 0 Å². The van der Waals surface area contributed by atoms with Crippen LogP contribution >= 0.6 is 11.6 Å². The first-order chi connectivity index (χ1) is 13.6. The van der Waals surface area contributed by atoms with Crippen LogP contribution in [0.4, 0.5) is 5.82 Å². The molecular formula is C19H19ClN6O2. The number of hydrogen-bond acceptors (Lipinski definition) is 7. The molecule has 4 heterocycles. The number of nitrogens with one attached hydrogen (secondary N) is 1.